The average molecular weight is 363 g/mol. The summed E-state index contributed by atoms with van der Waals surface area (Å²) < 4.78 is 6.90. The Morgan fingerprint density at radius 2 is 1.92 bits per heavy atom. The minimum atomic E-state index is 0.473. The van der Waals surface area contributed by atoms with E-state index in [2.05, 4.69) is 15.3 Å². The van der Waals surface area contributed by atoms with Gasteiger partial charge in [0.15, 0.2) is 11.5 Å². The van der Waals surface area contributed by atoms with Crippen LogP contribution < -0.4 is 10.5 Å². The van der Waals surface area contributed by atoms with Crippen LogP contribution in [0.4, 0.5) is 5.82 Å². The molecule has 0 radical (unpaired) electrons. The third-order valence-corrected chi connectivity index (χ3v) is 4.90. The Morgan fingerprint density at radius 1 is 1.12 bits per heavy atom. The van der Waals surface area contributed by atoms with Crippen molar-refractivity contribution in [3.63, 3.8) is 0 Å². The first-order valence-electron chi connectivity index (χ1n) is 8.04. The molecule has 0 spiro atoms. The van der Waals surface area contributed by atoms with Crippen molar-refractivity contribution in [3.05, 3.63) is 59.5 Å². The number of aromatic nitrogens is 4. The normalized spacial score (nSPS) is 10.8. The van der Waals surface area contributed by atoms with Gasteiger partial charge in [-0.3, -0.25) is 0 Å². The Morgan fingerprint density at radius 3 is 2.69 bits per heavy atom. The van der Waals surface area contributed by atoms with Crippen LogP contribution in [0.1, 0.15) is 5.56 Å². The van der Waals surface area contributed by atoms with Gasteiger partial charge in [-0.25, -0.2) is 4.98 Å². The smallest absolute Gasteiger partial charge is 0.165 e. The summed E-state index contributed by atoms with van der Waals surface area (Å²) in [6, 6.07) is 15.7. The van der Waals surface area contributed by atoms with Gasteiger partial charge >= 0.3 is 0 Å². The lowest BCUT2D eigenvalue weighted by Crippen LogP contribution is -2.02. The van der Waals surface area contributed by atoms with Crippen molar-refractivity contribution in [3.8, 4) is 33.4 Å². The van der Waals surface area contributed by atoms with Gasteiger partial charge in [0.05, 0.1) is 18.5 Å². The van der Waals surface area contributed by atoms with Crippen molar-refractivity contribution >= 4 is 17.2 Å². The predicted molar refractivity (Wildman–Crippen MR) is 104 cm³/mol. The Bertz CT molecular complexity index is 1050. The quantitative estimate of drug-likeness (QED) is 0.594. The largest absolute Gasteiger partial charge is 0.497 e. The summed E-state index contributed by atoms with van der Waals surface area (Å²) in [6.07, 6.45) is 0. The average Bonchev–Trinajstić information content (AvgIpc) is 3.29. The maximum atomic E-state index is 6.28. The highest BCUT2D eigenvalue weighted by Crippen LogP contribution is 2.32. The van der Waals surface area contributed by atoms with E-state index in [0.29, 0.717) is 11.5 Å². The third-order valence-electron chi connectivity index (χ3n) is 4.06. The van der Waals surface area contributed by atoms with E-state index in [4.69, 9.17) is 10.5 Å². The minimum absolute atomic E-state index is 0.473. The van der Waals surface area contributed by atoms with E-state index in [1.54, 1.807) is 11.8 Å². The molecule has 0 amide bonds. The summed E-state index contributed by atoms with van der Waals surface area (Å²) in [5.74, 6) is 1.27. The van der Waals surface area contributed by atoms with E-state index in [0.717, 1.165) is 27.7 Å². The summed E-state index contributed by atoms with van der Waals surface area (Å²) in [4.78, 5) is 4.68. The van der Waals surface area contributed by atoms with Crippen LogP contribution in [-0.2, 0) is 0 Å². The number of anilines is 1. The fourth-order valence-corrected chi connectivity index (χ4v) is 3.44. The van der Waals surface area contributed by atoms with Crippen LogP contribution in [0.25, 0.3) is 27.6 Å². The number of methoxy groups -OCH3 is 1. The predicted octanol–water partition coefficient (Wildman–Crippen LogP) is 3.96. The number of hydrogen-bond acceptors (Lipinski definition) is 6. The molecule has 0 atom stereocenters. The summed E-state index contributed by atoms with van der Waals surface area (Å²) in [6.45, 7) is 2.04. The molecule has 6 nitrogen and oxygen atoms in total. The van der Waals surface area contributed by atoms with Crippen LogP contribution in [0.15, 0.2) is 53.9 Å². The van der Waals surface area contributed by atoms with E-state index < -0.39 is 0 Å². The molecular formula is C19H17N5OS. The maximum Gasteiger partial charge on any atom is 0.165 e. The molecule has 0 fully saturated rings. The van der Waals surface area contributed by atoms with E-state index in [1.165, 1.54) is 16.9 Å². The Balaban J connectivity index is 1.69. The van der Waals surface area contributed by atoms with E-state index in [-0.39, 0.29) is 0 Å². The molecule has 0 aliphatic carbocycles. The highest BCUT2D eigenvalue weighted by molar-refractivity contribution is 7.13. The number of thiazole rings is 1. The van der Waals surface area contributed by atoms with Crippen molar-refractivity contribution in [2.75, 3.05) is 12.8 Å². The zero-order valence-electron chi connectivity index (χ0n) is 14.4. The lowest BCUT2D eigenvalue weighted by atomic mass is 10.2. The molecule has 2 N–H and O–H groups in total. The number of nitrogen functional groups attached to an aromatic ring is 1. The molecule has 0 saturated heterocycles. The highest BCUT2D eigenvalue weighted by Gasteiger charge is 2.17. The Labute approximate surface area is 154 Å². The monoisotopic (exact) mass is 363 g/mol. The number of ether oxygens (including phenoxy) is 1. The van der Waals surface area contributed by atoms with Gasteiger partial charge < -0.3 is 10.5 Å². The van der Waals surface area contributed by atoms with Crippen LogP contribution in [0.2, 0.25) is 0 Å². The van der Waals surface area contributed by atoms with E-state index >= 15 is 0 Å². The van der Waals surface area contributed by atoms with Gasteiger partial charge in [0, 0.05) is 10.9 Å². The van der Waals surface area contributed by atoms with Gasteiger partial charge in [0.1, 0.15) is 10.8 Å². The fraction of sp³-hybridized carbons (Fsp3) is 0.105. The Kier molecular flexibility index (Phi) is 4.14. The number of nitrogens with zero attached hydrogens (tertiary/aromatic N) is 4. The van der Waals surface area contributed by atoms with Crippen LogP contribution >= 0.6 is 11.3 Å². The SMILES string of the molecule is COc1cccc(-c2csc(-c3nnn(-c4ccc(C)cc4)c3N)n2)c1. The maximum absolute atomic E-state index is 6.28. The van der Waals surface area contributed by atoms with Crippen LogP contribution in [0.3, 0.4) is 0 Å². The lowest BCUT2D eigenvalue weighted by molar-refractivity contribution is 0.415. The van der Waals surface area contributed by atoms with Gasteiger partial charge in [0.25, 0.3) is 0 Å². The number of rotatable bonds is 4. The topological polar surface area (TPSA) is 78.9 Å². The zero-order chi connectivity index (χ0) is 18.1. The summed E-state index contributed by atoms with van der Waals surface area (Å²) in [7, 11) is 1.65. The van der Waals surface area contributed by atoms with Crippen LogP contribution in [0, 0.1) is 6.92 Å². The molecule has 2 heterocycles. The summed E-state index contributed by atoms with van der Waals surface area (Å²) >= 11 is 1.49. The first-order chi connectivity index (χ1) is 12.7. The van der Waals surface area contributed by atoms with Crippen molar-refractivity contribution in [2.45, 2.75) is 6.92 Å². The van der Waals surface area contributed by atoms with Crippen molar-refractivity contribution in [1.29, 1.82) is 0 Å². The number of aryl methyl sites for hydroxylation is 1. The number of nitrogens with two attached hydrogens (primary N) is 1. The molecular weight excluding hydrogens is 346 g/mol. The molecule has 0 aliphatic heterocycles. The molecule has 130 valence electrons. The molecule has 0 unspecified atom stereocenters. The Hall–Kier alpha value is -3.19. The molecule has 7 heteroatoms. The second-order valence-electron chi connectivity index (χ2n) is 5.84. The molecule has 0 saturated carbocycles. The van der Waals surface area contributed by atoms with Crippen molar-refractivity contribution in [1.82, 2.24) is 20.0 Å². The van der Waals surface area contributed by atoms with Crippen LogP contribution in [0.5, 0.6) is 5.75 Å². The second kappa shape index (κ2) is 6.61. The third kappa shape index (κ3) is 2.93. The van der Waals surface area contributed by atoms with Gasteiger partial charge in [-0.1, -0.05) is 35.0 Å². The zero-order valence-corrected chi connectivity index (χ0v) is 15.2. The van der Waals surface area contributed by atoms with Crippen molar-refractivity contribution in [2.24, 2.45) is 0 Å². The first-order valence-corrected chi connectivity index (χ1v) is 8.92. The molecule has 0 bridgehead atoms. The van der Waals surface area contributed by atoms with Gasteiger partial charge in [-0.15, -0.1) is 16.4 Å². The summed E-state index contributed by atoms with van der Waals surface area (Å²) in [5, 5.41) is 11.1. The standard InChI is InChI=1S/C19H17N5OS/c1-12-6-8-14(9-7-12)24-18(20)17(22-23-24)19-21-16(11-26-19)13-4-3-5-15(10-13)25-2/h3-11H,20H2,1-2H3. The number of hydrogen-bond donors (Lipinski definition) is 1. The van der Waals surface area contributed by atoms with Crippen molar-refractivity contribution < 1.29 is 4.74 Å². The number of benzene rings is 2. The van der Waals surface area contributed by atoms with E-state index in [1.807, 2.05) is 60.8 Å². The molecule has 2 aromatic carbocycles. The molecule has 26 heavy (non-hydrogen) atoms. The highest BCUT2D eigenvalue weighted by atomic mass is 32.1. The molecule has 2 aromatic heterocycles. The second-order valence-corrected chi connectivity index (χ2v) is 6.70. The minimum Gasteiger partial charge on any atom is -0.497 e. The van der Waals surface area contributed by atoms with Gasteiger partial charge in [0.2, 0.25) is 0 Å². The lowest BCUT2D eigenvalue weighted by Gasteiger charge is -2.03. The van der Waals surface area contributed by atoms with Gasteiger partial charge in [-0.05, 0) is 31.2 Å². The fourth-order valence-electron chi connectivity index (χ4n) is 2.62. The van der Waals surface area contributed by atoms with E-state index in [9.17, 15) is 0 Å². The molecule has 4 rings (SSSR count). The summed E-state index contributed by atoms with van der Waals surface area (Å²) in [5.41, 5.74) is 10.8. The first kappa shape index (κ1) is 16.3. The van der Waals surface area contributed by atoms with Crippen LogP contribution in [-0.4, -0.2) is 27.1 Å². The molecule has 4 aromatic rings. The molecule has 0 aliphatic rings. The van der Waals surface area contributed by atoms with Gasteiger partial charge in [-0.2, -0.15) is 4.68 Å².